The molecule has 5 nitrogen and oxygen atoms in total. The molecule has 1 heterocycles. The predicted molar refractivity (Wildman–Crippen MR) is 111 cm³/mol. The molecule has 1 aliphatic heterocycles. The Balaban J connectivity index is 1.49. The van der Waals surface area contributed by atoms with Crippen molar-refractivity contribution < 1.29 is 14.3 Å². The molecule has 1 saturated heterocycles. The van der Waals surface area contributed by atoms with Crippen LogP contribution in [-0.2, 0) is 11.3 Å². The zero-order valence-electron chi connectivity index (χ0n) is 16.8. The average molecular weight is 383 g/mol. The van der Waals surface area contributed by atoms with Crippen molar-refractivity contribution in [2.24, 2.45) is 0 Å². The van der Waals surface area contributed by atoms with Gasteiger partial charge in [-0.1, -0.05) is 30.3 Å². The van der Waals surface area contributed by atoms with E-state index < -0.39 is 0 Å². The van der Waals surface area contributed by atoms with Crippen LogP contribution < -0.4 is 9.47 Å². The highest BCUT2D eigenvalue weighted by atomic mass is 16.5. The lowest BCUT2D eigenvalue weighted by Gasteiger charge is -2.27. The van der Waals surface area contributed by atoms with Crippen molar-refractivity contribution in [1.29, 1.82) is 0 Å². The Kier molecular flexibility index (Phi) is 7.31. The Morgan fingerprint density at radius 1 is 1.07 bits per heavy atom. The lowest BCUT2D eigenvalue weighted by molar-refractivity contribution is -0.131. The summed E-state index contributed by atoms with van der Waals surface area (Å²) in [5.41, 5.74) is 1.23. The summed E-state index contributed by atoms with van der Waals surface area (Å²) in [6.07, 6.45) is 2.48. The fraction of sp³-hybridized carbons (Fsp3) is 0.435. The van der Waals surface area contributed by atoms with Crippen LogP contribution in [0.3, 0.4) is 0 Å². The Morgan fingerprint density at radius 3 is 2.64 bits per heavy atom. The number of amides is 1. The van der Waals surface area contributed by atoms with Crippen LogP contribution >= 0.6 is 0 Å². The van der Waals surface area contributed by atoms with Gasteiger partial charge in [0.2, 0.25) is 5.91 Å². The maximum atomic E-state index is 12.5. The number of nitrogens with zero attached hydrogens (tertiary/aromatic N) is 2. The lowest BCUT2D eigenvalue weighted by Crippen LogP contribution is -2.35. The quantitative estimate of drug-likeness (QED) is 0.700. The molecule has 28 heavy (non-hydrogen) atoms. The molecule has 0 spiro atoms. The number of carbonyl (C=O) groups excluding carboxylic acids is 1. The third-order valence-corrected chi connectivity index (χ3v) is 5.34. The van der Waals surface area contributed by atoms with E-state index in [0.717, 1.165) is 37.4 Å². The van der Waals surface area contributed by atoms with Crippen LogP contribution in [0.25, 0.3) is 0 Å². The number of methoxy groups -OCH3 is 1. The molecule has 1 unspecified atom stereocenters. The van der Waals surface area contributed by atoms with E-state index in [-0.39, 0.29) is 5.91 Å². The summed E-state index contributed by atoms with van der Waals surface area (Å²) in [4.78, 5) is 16.8. The summed E-state index contributed by atoms with van der Waals surface area (Å²) in [7, 11) is 3.83. The fourth-order valence-electron chi connectivity index (χ4n) is 3.68. The fourth-order valence-corrected chi connectivity index (χ4v) is 3.68. The molecule has 3 rings (SSSR count). The molecule has 1 amide bonds. The third kappa shape index (κ3) is 5.73. The molecule has 150 valence electrons. The van der Waals surface area contributed by atoms with Crippen molar-refractivity contribution in [2.75, 3.05) is 33.9 Å². The van der Waals surface area contributed by atoms with Gasteiger partial charge in [-0.25, -0.2) is 0 Å². The first-order valence-electron chi connectivity index (χ1n) is 9.94. The molecule has 2 aromatic carbocycles. The second kappa shape index (κ2) is 10.1. The van der Waals surface area contributed by atoms with E-state index >= 15 is 0 Å². The van der Waals surface area contributed by atoms with Crippen LogP contribution in [0.15, 0.2) is 54.6 Å². The zero-order chi connectivity index (χ0) is 19.8. The first-order valence-corrected chi connectivity index (χ1v) is 9.94. The Labute approximate surface area is 167 Å². The van der Waals surface area contributed by atoms with Crippen molar-refractivity contribution in [3.05, 3.63) is 60.2 Å². The molecule has 0 aliphatic carbocycles. The molecule has 1 aliphatic rings. The molecule has 0 aromatic heterocycles. The summed E-state index contributed by atoms with van der Waals surface area (Å²) in [5, 5.41) is 0. The highest BCUT2D eigenvalue weighted by Gasteiger charge is 2.24. The van der Waals surface area contributed by atoms with Gasteiger partial charge in [-0.05, 0) is 49.7 Å². The summed E-state index contributed by atoms with van der Waals surface area (Å²) in [6, 6.07) is 18.3. The highest BCUT2D eigenvalue weighted by Crippen LogP contribution is 2.20. The normalized spacial score (nSPS) is 17.5. The van der Waals surface area contributed by atoms with Gasteiger partial charge in [-0.3, -0.25) is 9.69 Å². The van der Waals surface area contributed by atoms with Crippen molar-refractivity contribution in [3.63, 3.8) is 0 Å². The Bertz CT molecular complexity index is 751. The van der Waals surface area contributed by atoms with Crippen LogP contribution in [0.2, 0.25) is 0 Å². The van der Waals surface area contributed by atoms with Crippen LogP contribution in [-0.4, -0.2) is 55.6 Å². The van der Waals surface area contributed by atoms with Crippen LogP contribution in [0.1, 0.15) is 24.8 Å². The molecular formula is C23H30N2O3. The smallest absolute Gasteiger partial charge is 0.222 e. The van der Waals surface area contributed by atoms with E-state index in [9.17, 15) is 4.79 Å². The first kappa shape index (κ1) is 20.2. The summed E-state index contributed by atoms with van der Waals surface area (Å²) >= 11 is 0. The van der Waals surface area contributed by atoms with Crippen molar-refractivity contribution in [1.82, 2.24) is 9.80 Å². The average Bonchev–Trinajstić information content (AvgIpc) is 2.91. The Hall–Kier alpha value is -2.53. The molecule has 1 fully saturated rings. The van der Waals surface area contributed by atoms with Crippen molar-refractivity contribution >= 4 is 5.91 Å². The van der Waals surface area contributed by atoms with Gasteiger partial charge >= 0.3 is 0 Å². The van der Waals surface area contributed by atoms with Gasteiger partial charge in [-0.2, -0.15) is 0 Å². The maximum absolute atomic E-state index is 12.5. The van der Waals surface area contributed by atoms with E-state index in [4.69, 9.17) is 9.47 Å². The number of likely N-dealkylation sites (tertiary alicyclic amines) is 1. The van der Waals surface area contributed by atoms with E-state index in [1.165, 1.54) is 5.56 Å². The van der Waals surface area contributed by atoms with Crippen LogP contribution in [0.4, 0.5) is 0 Å². The minimum Gasteiger partial charge on any atom is -0.497 e. The predicted octanol–water partition coefficient (Wildman–Crippen LogP) is 3.59. The molecular weight excluding hydrogens is 352 g/mol. The second-order valence-electron chi connectivity index (χ2n) is 7.29. The third-order valence-electron chi connectivity index (χ3n) is 5.34. The minimum absolute atomic E-state index is 0.231. The standard InChI is InChI=1S/C23H30N2O3/c1-24(18-19-7-6-10-22(17-19)27-2)20-11-12-23(26)25(14-13-20)15-16-28-21-8-4-3-5-9-21/h3-10,17,20H,11-16,18H2,1-2H3. The SMILES string of the molecule is COc1cccc(CN(C)C2CCC(=O)N(CCOc3ccccc3)CC2)c1. The van der Waals surface area contributed by atoms with Crippen molar-refractivity contribution in [3.8, 4) is 11.5 Å². The monoisotopic (exact) mass is 382 g/mol. The second-order valence-corrected chi connectivity index (χ2v) is 7.29. The van der Waals surface area contributed by atoms with Crippen LogP contribution in [0, 0.1) is 0 Å². The van der Waals surface area contributed by atoms with E-state index in [1.54, 1.807) is 7.11 Å². The molecule has 0 saturated carbocycles. The van der Waals surface area contributed by atoms with Crippen molar-refractivity contribution in [2.45, 2.75) is 31.8 Å². The molecule has 2 aromatic rings. The summed E-state index contributed by atoms with van der Waals surface area (Å²) < 4.78 is 11.1. The largest absolute Gasteiger partial charge is 0.497 e. The van der Waals surface area contributed by atoms with Gasteiger partial charge in [0, 0.05) is 25.6 Å². The zero-order valence-corrected chi connectivity index (χ0v) is 16.8. The Morgan fingerprint density at radius 2 is 1.86 bits per heavy atom. The summed E-state index contributed by atoms with van der Waals surface area (Å²) in [6.45, 7) is 2.80. The van der Waals surface area contributed by atoms with Gasteiger partial charge in [0.1, 0.15) is 18.1 Å². The number of carbonyl (C=O) groups is 1. The van der Waals surface area contributed by atoms with E-state index in [0.29, 0.717) is 25.6 Å². The number of benzene rings is 2. The summed E-state index contributed by atoms with van der Waals surface area (Å²) in [5.74, 6) is 1.96. The number of hydrogen-bond donors (Lipinski definition) is 0. The number of ether oxygens (including phenoxy) is 2. The number of hydrogen-bond acceptors (Lipinski definition) is 4. The van der Waals surface area contributed by atoms with Gasteiger partial charge in [0.25, 0.3) is 0 Å². The minimum atomic E-state index is 0.231. The van der Waals surface area contributed by atoms with E-state index in [2.05, 4.69) is 24.1 Å². The van der Waals surface area contributed by atoms with Gasteiger partial charge in [0.05, 0.1) is 13.7 Å². The van der Waals surface area contributed by atoms with Gasteiger partial charge in [0.15, 0.2) is 0 Å². The molecule has 5 heteroatoms. The first-order chi connectivity index (χ1) is 13.7. The van der Waals surface area contributed by atoms with Gasteiger partial charge < -0.3 is 14.4 Å². The van der Waals surface area contributed by atoms with E-state index in [1.807, 2.05) is 47.4 Å². The molecule has 1 atom stereocenters. The molecule has 0 radical (unpaired) electrons. The molecule has 0 bridgehead atoms. The van der Waals surface area contributed by atoms with Crippen LogP contribution in [0.5, 0.6) is 11.5 Å². The topological polar surface area (TPSA) is 42.0 Å². The number of rotatable bonds is 8. The van der Waals surface area contributed by atoms with Gasteiger partial charge in [-0.15, -0.1) is 0 Å². The highest BCUT2D eigenvalue weighted by molar-refractivity contribution is 5.76. The molecule has 0 N–H and O–H groups in total. The maximum Gasteiger partial charge on any atom is 0.222 e. The number of para-hydroxylation sites is 1. The lowest BCUT2D eigenvalue weighted by atomic mass is 10.1.